The van der Waals surface area contributed by atoms with E-state index in [2.05, 4.69) is 26.4 Å². The van der Waals surface area contributed by atoms with E-state index in [4.69, 9.17) is 4.74 Å². The van der Waals surface area contributed by atoms with E-state index >= 15 is 0 Å². The molecule has 0 radical (unpaired) electrons. The molecule has 2 aliphatic rings. The SMILES string of the molecule is COc1cc(NCc2cc3n(n2)CCCN(C(=O)C2CCC2)C3)ncn1. The minimum atomic E-state index is 0.248. The van der Waals surface area contributed by atoms with Crippen LogP contribution in [0.3, 0.4) is 0 Å². The van der Waals surface area contributed by atoms with E-state index in [1.54, 1.807) is 13.2 Å². The number of aryl methyl sites for hydroxylation is 1. The molecule has 2 aromatic rings. The summed E-state index contributed by atoms with van der Waals surface area (Å²) in [6.07, 6.45) is 5.70. The zero-order valence-electron chi connectivity index (χ0n) is 15.0. The second-order valence-corrected chi connectivity index (χ2v) is 6.89. The van der Waals surface area contributed by atoms with E-state index in [0.29, 0.717) is 30.7 Å². The van der Waals surface area contributed by atoms with Crippen molar-refractivity contribution in [2.75, 3.05) is 19.0 Å². The van der Waals surface area contributed by atoms with Gasteiger partial charge in [-0.15, -0.1) is 0 Å². The number of nitrogens with one attached hydrogen (secondary N) is 1. The number of amides is 1. The molecule has 1 aliphatic heterocycles. The van der Waals surface area contributed by atoms with E-state index in [0.717, 1.165) is 43.7 Å². The van der Waals surface area contributed by atoms with E-state index in [1.165, 1.54) is 12.7 Å². The number of ether oxygens (including phenoxy) is 1. The average molecular weight is 356 g/mol. The summed E-state index contributed by atoms with van der Waals surface area (Å²) in [7, 11) is 1.58. The highest BCUT2D eigenvalue weighted by atomic mass is 16.5. The second-order valence-electron chi connectivity index (χ2n) is 6.89. The molecule has 1 fully saturated rings. The third-order valence-electron chi connectivity index (χ3n) is 5.13. The molecule has 26 heavy (non-hydrogen) atoms. The Morgan fingerprint density at radius 3 is 2.92 bits per heavy atom. The van der Waals surface area contributed by atoms with Crippen LogP contribution in [-0.2, 0) is 24.4 Å². The van der Waals surface area contributed by atoms with Gasteiger partial charge in [0.25, 0.3) is 0 Å². The highest BCUT2D eigenvalue weighted by Gasteiger charge is 2.30. The van der Waals surface area contributed by atoms with Gasteiger partial charge in [0.05, 0.1) is 31.6 Å². The molecule has 138 valence electrons. The minimum absolute atomic E-state index is 0.248. The summed E-state index contributed by atoms with van der Waals surface area (Å²) in [5.74, 6) is 1.78. The zero-order chi connectivity index (χ0) is 17.9. The maximum Gasteiger partial charge on any atom is 0.226 e. The Balaban J connectivity index is 1.41. The van der Waals surface area contributed by atoms with Crippen LogP contribution >= 0.6 is 0 Å². The van der Waals surface area contributed by atoms with Gasteiger partial charge in [0.2, 0.25) is 11.8 Å². The molecule has 1 aliphatic carbocycles. The molecular formula is C18H24N6O2. The third kappa shape index (κ3) is 3.49. The van der Waals surface area contributed by atoms with Gasteiger partial charge in [0.15, 0.2) is 0 Å². The van der Waals surface area contributed by atoms with Crippen LogP contribution in [0.2, 0.25) is 0 Å². The number of rotatable bonds is 5. The third-order valence-corrected chi connectivity index (χ3v) is 5.13. The van der Waals surface area contributed by atoms with Crippen molar-refractivity contribution in [2.24, 2.45) is 5.92 Å². The number of nitrogens with zero attached hydrogens (tertiary/aromatic N) is 5. The number of fused-ring (bicyclic) bond motifs is 1. The zero-order valence-corrected chi connectivity index (χ0v) is 15.0. The molecule has 3 heterocycles. The number of carbonyl (C=O) groups excluding carboxylic acids is 1. The minimum Gasteiger partial charge on any atom is -0.481 e. The van der Waals surface area contributed by atoms with Crippen molar-refractivity contribution in [3.63, 3.8) is 0 Å². The Kier molecular flexibility index (Phi) is 4.73. The van der Waals surface area contributed by atoms with Gasteiger partial charge in [-0.25, -0.2) is 9.97 Å². The van der Waals surface area contributed by atoms with Crippen LogP contribution in [0.15, 0.2) is 18.5 Å². The van der Waals surface area contributed by atoms with Crippen LogP contribution in [0.4, 0.5) is 5.82 Å². The molecule has 0 saturated heterocycles. The summed E-state index contributed by atoms with van der Waals surface area (Å²) < 4.78 is 7.14. The molecule has 8 heteroatoms. The van der Waals surface area contributed by atoms with E-state index in [1.807, 2.05) is 9.58 Å². The number of carbonyl (C=O) groups is 1. The predicted molar refractivity (Wildman–Crippen MR) is 95.5 cm³/mol. The Morgan fingerprint density at radius 2 is 2.15 bits per heavy atom. The fourth-order valence-corrected chi connectivity index (χ4v) is 3.44. The maximum absolute atomic E-state index is 12.6. The van der Waals surface area contributed by atoms with Crippen molar-refractivity contribution in [3.8, 4) is 5.88 Å². The monoisotopic (exact) mass is 356 g/mol. The van der Waals surface area contributed by atoms with Crippen molar-refractivity contribution < 1.29 is 9.53 Å². The van der Waals surface area contributed by atoms with Gasteiger partial charge in [-0.1, -0.05) is 6.42 Å². The molecule has 0 spiro atoms. The van der Waals surface area contributed by atoms with E-state index < -0.39 is 0 Å². The van der Waals surface area contributed by atoms with Crippen LogP contribution in [0.25, 0.3) is 0 Å². The molecule has 0 atom stereocenters. The molecule has 2 aromatic heterocycles. The van der Waals surface area contributed by atoms with Crippen LogP contribution in [0, 0.1) is 5.92 Å². The molecule has 0 aromatic carbocycles. The lowest BCUT2D eigenvalue weighted by atomic mass is 9.84. The Morgan fingerprint density at radius 1 is 1.27 bits per heavy atom. The number of hydrogen-bond acceptors (Lipinski definition) is 6. The molecule has 1 saturated carbocycles. The summed E-state index contributed by atoms with van der Waals surface area (Å²) in [4.78, 5) is 22.8. The number of anilines is 1. The Hall–Kier alpha value is -2.64. The average Bonchev–Trinajstić information content (AvgIpc) is 2.89. The van der Waals surface area contributed by atoms with Gasteiger partial charge in [-0.05, 0) is 25.3 Å². The van der Waals surface area contributed by atoms with E-state index in [-0.39, 0.29) is 5.92 Å². The van der Waals surface area contributed by atoms with Crippen molar-refractivity contribution in [1.29, 1.82) is 0 Å². The second kappa shape index (κ2) is 7.31. The van der Waals surface area contributed by atoms with Gasteiger partial charge in [0.1, 0.15) is 12.1 Å². The molecular weight excluding hydrogens is 332 g/mol. The first kappa shape index (κ1) is 16.8. The molecule has 8 nitrogen and oxygen atoms in total. The summed E-state index contributed by atoms with van der Waals surface area (Å²) >= 11 is 0. The molecule has 0 unspecified atom stereocenters. The summed E-state index contributed by atoms with van der Waals surface area (Å²) in [5, 5.41) is 7.93. The normalized spacial score (nSPS) is 17.2. The summed E-state index contributed by atoms with van der Waals surface area (Å²) in [5.41, 5.74) is 2.04. The first-order valence-electron chi connectivity index (χ1n) is 9.17. The van der Waals surface area contributed by atoms with Gasteiger partial charge in [-0.3, -0.25) is 9.48 Å². The number of hydrogen-bond donors (Lipinski definition) is 1. The number of methoxy groups -OCH3 is 1. The van der Waals surface area contributed by atoms with Crippen molar-refractivity contribution in [2.45, 2.75) is 45.3 Å². The molecule has 0 bridgehead atoms. The Labute approximate surface area is 152 Å². The first-order valence-corrected chi connectivity index (χ1v) is 9.17. The smallest absolute Gasteiger partial charge is 0.226 e. The topological polar surface area (TPSA) is 85.2 Å². The maximum atomic E-state index is 12.6. The van der Waals surface area contributed by atoms with Crippen LogP contribution in [-0.4, -0.2) is 44.2 Å². The quantitative estimate of drug-likeness (QED) is 0.880. The fraction of sp³-hybridized carbons (Fsp3) is 0.556. The van der Waals surface area contributed by atoms with Gasteiger partial charge < -0.3 is 15.0 Å². The molecule has 1 amide bonds. The van der Waals surface area contributed by atoms with Gasteiger partial charge in [0, 0.05) is 25.1 Å². The lowest BCUT2D eigenvalue weighted by molar-refractivity contribution is -0.138. The van der Waals surface area contributed by atoms with Crippen LogP contribution in [0.5, 0.6) is 5.88 Å². The molecule has 1 N–H and O–H groups in total. The summed E-state index contributed by atoms with van der Waals surface area (Å²) in [6.45, 7) is 2.90. The van der Waals surface area contributed by atoms with Crippen molar-refractivity contribution >= 4 is 11.7 Å². The van der Waals surface area contributed by atoms with Crippen molar-refractivity contribution in [1.82, 2.24) is 24.6 Å². The molecule has 4 rings (SSSR count). The van der Waals surface area contributed by atoms with Gasteiger partial charge >= 0.3 is 0 Å². The van der Waals surface area contributed by atoms with Crippen LogP contribution in [0.1, 0.15) is 37.1 Å². The highest BCUT2D eigenvalue weighted by molar-refractivity contribution is 5.79. The summed E-state index contributed by atoms with van der Waals surface area (Å²) in [6, 6.07) is 3.83. The lowest BCUT2D eigenvalue weighted by Crippen LogP contribution is -2.38. The fourth-order valence-electron chi connectivity index (χ4n) is 3.44. The lowest BCUT2D eigenvalue weighted by Gasteiger charge is -2.30. The first-order chi connectivity index (χ1) is 12.7. The number of aromatic nitrogens is 4. The van der Waals surface area contributed by atoms with E-state index in [9.17, 15) is 4.79 Å². The standard InChI is InChI=1S/C18H24N6O2/c1-26-17-9-16(20-12-21-17)19-10-14-8-15-11-23(6-3-7-24(15)22-14)18(25)13-4-2-5-13/h8-9,12-13H,2-7,10-11H2,1H3,(H,19,20,21). The van der Waals surface area contributed by atoms with Crippen molar-refractivity contribution in [3.05, 3.63) is 29.8 Å². The highest BCUT2D eigenvalue weighted by Crippen LogP contribution is 2.29. The largest absolute Gasteiger partial charge is 0.481 e. The predicted octanol–water partition coefficient (Wildman–Crippen LogP) is 1.83. The Bertz CT molecular complexity index is 786. The van der Waals surface area contributed by atoms with Gasteiger partial charge in [-0.2, -0.15) is 5.10 Å². The van der Waals surface area contributed by atoms with Crippen LogP contribution < -0.4 is 10.1 Å².